The second kappa shape index (κ2) is 7.64. The molecule has 2 aromatic rings. The topological polar surface area (TPSA) is 58.2 Å². The van der Waals surface area contributed by atoms with Crippen molar-refractivity contribution in [1.29, 1.82) is 0 Å². The minimum Gasteiger partial charge on any atom is -0.308 e. The average Bonchev–Trinajstić information content (AvgIpc) is 2.53. The molecule has 0 saturated carbocycles. The van der Waals surface area contributed by atoms with Gasteiger partial charge in [-0.25, -0.2) is 13.1 Å². The molecule has 2 N–H and O–H groups in total. The van der Waals surface area contributed by atoms with Crippen molar-refractivity contribution in [3.8, 4) is 0 Å². The van der Waals surface area contributed by atoms with Crippen LogP contribution in [0.25, 0.3) is 0 Å². The molecule has 23 heavy (non-hydrogen) atoms. The van der Waals surface area contributed by atoms with Gasteiger partial charge in [0, 0.05) is 17.6 Å². The largest absolute Gasteiger partial charge is 0.308 e. The fourth-order valence-electron chi connectivity index (χ4n) is 2.69. The molecule has 0 bridgehead atoms. The zero-order valence-electron chi connectivity index (χ0n) is 12.3. The van der Waals surface area contributed by atoms with E-state index in [1.54, 1.807) is 12.1 Å². The second-order valence-electron chi connectivity index (χ2n) is 5.26. The predicted octanol–water partition coefficient (Wildman–Crippen LogP) is 2.93. The maximum atomic E-state index is 12.3. The molecule has 1 aliphatic rings. The molecule has 124 valence electrons. The lowest BCUT2D eigenvalue weighted by Gasteiger charge is -2.27. The number of rotatable bonds is 4. The number of fused-ring (bicyclic) bond motifs is 1. The van der Waals surface area contributed by atoms with Gasteiger partial charge in [0.1, 0.15) is 0 Å². The van der Waals surface area contributed by atoms with Gasteiger partial charge in [-0.2, -0.15) is 0 Å². The van der Waals surface area contributed by atoms with E-state index in [1.807, 2.05) is 18.2 Å². The summed E-state index contributed by atoms with van der Waals surface area (Å²) in [5.74, 6) is 0. The van der Waals surface area contributed by atoms with Crippen LogP contribution < -0.4 is 10.0 Å². The summed E-state index contributed by atoms with van der Waals surface area (Å²) in [6.07, 6.45) is 0.966. The van der Waals surface area contributed by atoms with Gasteiger partial charge in [0.15, 0.2) is 0 Å². The summed E-state index contributed by atoms with van der Waals surface area (Å²) in [7, 11) is -3.56. The van der Waals surface area contributed by atoms with Crippen LogP contribution in [0.5, 0.6) is 0 Å². The van der Waals surface area contributed by atoms with Gasteiger partial charge < -0.3 is 5.32 Å². The first-order chi connectivity index (χ1) is 10.6. The van der Waals surface area contributed by atoms with Crippen molar-refractivity contribution in [3.05, 3.63) is 64.7 Å². The van der Waals surface area contributed by atoms with E-state index >= 15 is 0 Å². The highest BCUT2D eigenvalue weighted by atomic mass is 35.5. The SMILES string of the molecule is Cl.O=S(=O)(NCC1NCCc2ccccc21)c1cccc(Cl)c1. The third-order valence-electron chi connectivity index (χ3n) is 3.80. The normalized spacial score (nSPS) is 17.2. The van der Waals surface area contributed by atoms with Gasteiger partial charge in [0.25, 0.3) is 0 Å². The van der Waals surface area contributed by atoms with Gasteiger partial charge >= 0.3 is 0 Å². The summed E-state index contributed by atoms with van der Waals surface area (Å²) in [6, 6.07) is 14.4. The highest BCUT2D eigenvalue weighted by molar-refractivity contribution is 7.89. The molecular formula is C16H18Cl2N2O2S. The molecular weight excluding hydrogens is 355 g/mol. The molecule has 1 heterocycles. The predicted molar refractivity (Wildman–Crippen MR) is 94.8 cm³/mol. The third-order valence-corrected chi connectivity index (χ3v) is 5.46. The van der Waals surface area contributed by atoms with Crippen molar-refractivity contribution in [1.82, 2.24) is 10.0 Å². The van der Waals surface area contributed by atoms with E-state index in [9.17, 15) is 8.42 Å². The number of benzene rings is 2. The van der Waals surface area contributed by atoms with Crippen molar-refractivity contribution < 1.29 is 8.42 Å². The molecule has 2 aromatic carbocycles. The van der Waals surface area contributed by atoms with Crippen LogP contribution >= 0.6 is 24.0 Å². The fraction of sp³-hybridized carbons (Fsp3) is 0.250. The Morgan fingerprint density at radius 1 is 1.17 bits per heavy atom. The number of hydrogen-bond donors (Lipinski definition) is 2. The van der Waals surface area contributed by atoms with Crippen molar-refractivity contribution >= 4 is 34.0 Å². The molecule has 3 rings (SSSR count). The van der Waals surface area contributed by atoms with E-state index in [0.717, 1.165) is 18.5 Å². The van der Waals surface area contributed by atoms with E-state index in [2.05, 4.69) is 16.1 Å². The minimum atomic E-state index is -3.56. The molecule has 4 nitrogen and oxygen atoms in total. The number of sulfonamides is 1. The smallest absolute Gasteiger partial charge is 0.240 e. The van der Waals surface area contributed by atoms with E-state index in [0.29, 0.717) is 11.6 Å². The quantitative estimate of drug-likeness (QED) is 0.867. The molecule has 0 spiro atoms. The van der Waals surface area contributed by atoms with E-state index in [-0.39, 0.29) is 23.3 Å². The lowest BCUT2D eigenvalue weighted by molar-refractivity contribution is 0.491. The molecule has 0 fully saturated rings. The van der Waals surface area contributed by atoms with Crippen LogP contribution in [0.1, 0.15) is 17.2 Å². The van der Waals surface area contributed by atoms with E-state index in [4.69, 9.17) is 11.6 Å². The van der Waals surface area contributed by atoms with Crippen molar-refractivity contribution in [2.75, 3.05) is 13.1 Å². The van der Waals surface area contributed by atoms with Crippen molar-refractivity contribution in [3.63, 3.8) is 0 Å². The average molecular weight is 373 g/mol. The Morgan fingerprint density at radius 2 is 1.96 bits per heavy atom. The monoisotopic (exact) mass is 372 g/mol. The maximum absolute atomic E-state index is 12.3. The Bertz CT molecular complexity index is 781. The molecule has 0 amide bonds. The van der Waals surface area contributed by atoms with Crippen LogP contribution in [0.3, 0.4) is 0 Å². The second-order valence-corrected chi connectivity index (χ2v) is 7.47. The highest BCUT2D eigenvalue weighted by Gasteiger charge is 2.22. The van der Waals surface area contributed by atoms with Gasteiger partial charge in [-0.05, 0) is 42.3 Å². The number of nitrogens with one attached hydrogen (secondary N) is 2. The fourth-order valence-corrected chi connectivity index (χ4v) is 4.03. The van der Waals surface area contributed by atoms with Crippen molar-refractivity contribution in [2.45, 2.75) is 17.4 Å². The Morgan fingerprint density at radius 3 is 2.74 bits per heavy atom. The maximum Gasteiger partial charge on any atom is 0.240 e. The Hall–Kier alpha value is -1.11. The van der Waals surface area contributed by atoms with Gasteiger partial charge in [0.05, 0.1) is 4.90 Å². The Labute approximate surface area is 147 Å². The molecule has 1 atom stereocenters. The molecule has 7 heteroatoms. The van der Waals surface area contributed by atoms with Crippen molar-refractivity contribution in [2.24, 2.45) is 0 Å². The van der Waals surface area contributed by atoms with Gasteiger partial charge in [0.2, 0.25) is 10.0 Å². The van der Waals surface area contributed by atoms with Crippen LogP contribution in [0.15, 0.2) is 53.4 Å². The van der Waals surface area contributed by atoms with Gasteiger partial charge in [-0.15, -0.1) is 12.4 Å². The summed E-state index contributed by atoms with van der Waals surface area (Å²) >= 11 is 5.86. The summed E-state index contributed by atoms with van der Waals surface area (Å²) in [5.41, 5.74) is 2.43. The highest BCUT2D eigenvalue weighted by Crippen LogP contribution is 2.22. The molecule has 0 aromatic heterocycles. The Balaban J connectivity index is 0.00000192. The Kier molecular flexibility index (Phi) is 6.06. The molecule has 1 unspecified atom stereocenters. The summed E-state index contributed by atoms with van der Waals surface area (Å²) in [4.78, 5) is 0.184. The van der Waals surface area contributed by atoms with Crippen LogP contribution in [0.4, 0.5) is 0 Å². The van der Waals surface area contributed by atoms with Crippen LogP contribution in [-0.2, 0) is 16.4 Å². The first-order valence-electron chi connectivity index (χ1n) is 7.13. The van der Waals surface area contributed by atoms with Crippen LogP contribution in [0.2, 0.25) is 5.02 Å². The van der Waals surface area contributed by atoms with Gasteiger partial charge in [-0.3, -0.25) is 0 Å². The first-order valence-corrected chi connectivity index (χ1v) is 8.99. The summed E-state index contributed by atoms with van der Waals surface area (Å²) in [6.45, 7) is 1.16. The van der Waals surface area contributed by atoms with E-state index in [1.165, 1.54) is 17.7 Å². The standard InChI is InChI=1S/C16H17ClN2O2S.ClH/c17-13-5-3-6-14(10-13)22(20,21)19-11-16-15-7-2-1-4-12(15)8-9-18-16;/h1-7,10,16,18-19H,8-9,11H2;1H. The molecule has 0 saturated heterocycles. The first kappa shape index (κ1) is 18.2. The zero-order valence-corrected chi connectivity index (χ0v) is 14.7. The lowest BCUT2D eigenvalue weighted by Crippen LogP contribution is -2.38. The zero-order chi connectivity index (χ0) is 15.6. The van der Waals surface area contributed by atoms with Crippen LogP contribution in [-0.4, -0.2) is 21.5 Å². The molecule has 0 radical (unpaired) electrons. The third kappa shape index (κ3) is 4.25. The van der Waals surface area contributed by atoms with E-state index < -0.39 is 10.0 Å². The number of halogens is 2. The lowest BCUT2D eigenvalue weighted by atomic mass is 9.95. The minimum absolute atomic E-state index is 0. The van der Waals surface area contributed by atoms with Gasteiger partial charge in [-0.1, -0.05) is 41.9 Å². The molecule has 1 aliphatic heterocycles. The number of hydrogen-bond acceptors (Lipinski definition) is 3. The molecule has 0 aliphatic carbocycles. The summed E-state index contributed by atoms with van der Waals surface area (Å²) in [5, 5.41) is 3.76. The summed E-state index contributed by atoms with van der Waals surface area (Å²) < 4.78 is 27.3. The van der Waals surface area contributed by atoms with Crippen LogP contribution in [0, 0.1) is 0 Å².